The summed E-state index contributed by atoms with van der Waals surface area (Å²) in [4.78, 5) is 12.8. The van der Waals surface area contributed by atoms with E-state index in [1.165, 1.54) is 0 Å². The molecule has 0 saturated carbocycles. The van der Waals surface area contributed by atoms with Crippen LogP contribution in [0, 0.1) is 0 Å². The molecule has 0 aliphatic carbocycles. The summed E-state index contributed by atoms with van der Waals surface area (Å²) in [6, 6.07) is 0. The van der Waals surface area contributed by atoms with E-state index in [9.17, 15) is 0 Å². The topological polar surface area (TPSA) is 43.6 Å². The summed E-state index contributed by atoms with van der Waals surface area (Å²) < 4.78 is 1.91. The molecule has 0 aromatic carbocycles. The van der Waals surface area contributed by atoms with E-state index in [0.717, 1.165) is 17.0 Å². The average Bonchev–Trinajstić information content (AvgIpc) is 2.47. The molecule has 0 bridgehead atoms. The zero-order valence-electron chi connectivity index (χ0n) is 8.02. The van der Waals surface area contributed by atoms with Crippen LogP contribution in [0.4, 0.5) is 0 Å². The summed E-state index contributed by atoms with van der Waals surface area (Å²) in [6.07, 6.45) is 3.53. The quantitative estimate of drug-likeness (QED) is 0.661. The van der Waals surface area contributed by atoms with Crippen molar-refractivity contribution in [2.24, 2.45) is 7.05 Å². The number of hydrogen-bond donors (Lipinski definition) is 0. The molecule has 2 aromatic rings. The van der Waals surface area contributed by atoms with Gasteiger partial charge in [0.2, 0.25) is 0 Å². The molecule has 0 amide bonds. The highest BCUT2D eigenvalue weighted by molar-refractivity contribution is 5.69. The van der Waals surface area contributed by atoms with E-state index in [2.05, 4.69) is 28.8 Å². The largest absolute Gasteiger partial charge is 0.318 e. The Morgan fingerprint density at radius 1 is 1.31 bits per heavy atom. The lowest BCUT2D eigenvalue weighted by Crippen LogP contribution is -1.98. The second kappa shape index (κ2) is 2.80. The summed E-state index contributed by atoms with van der Waals surface area (Å²) in [6.45, 7) is 4.16. The highest BCUT2D eigenvalue weighted by Crippen LogP contribution is 2.12. The third-order valence-corrected chi connectivity index (χ3v) is 1.99. The van der Waals surface area contributed by atoms with E-state index in [1.54, 1.807) is 12.5 Å². The lowest BCUT2D eigenvalue weighted by atomic mass is 10.2. The second-order valence-electron chi connectivity index (χ2n) is 3.45. The molecule has 4 nitrogen and oxygen atoms in total. The highest BCUT2D eigenvalue weighted by atomic mass is 15.1. The van der Waals surface area contributed by atoms with Gasteiger partial charge in [-0.1, -0.05) is 13.8 Å². The van der Waals surface area contributed by atoms with Crippen LogP contribution >= 0.6 is 0 Å². The predicted molar refractivity (Wildman–Crippen MR) is 50.4 cm³/mol. The van der Waals surface area contributed by atoms with Crippen LogP contribution in [0.25, 0.3) is 11.2 Å². The number of nitrogens with zero attached hydrogens (tertiary/aromatic N) is 4. The molecule has 0 unspecified atom stereocenters. The van der Waals surface area contributed by atoms with Crippen LogP contribution in [-0.2, 0) is 7.05 Å². The van der Waals surface area contributed by atoms with Gasteiger partial charge in [-0.2, -0.15) is 0 Å². The third-order valence-electron chi connectivity index (χ3n) is 1.99. The minimum absolute atomic E-state index is 0.360. The van der Waals surface area contributed by atoms with E-state index in [-0.39, 0.29) is 0 Å². The first-order valence-electron chi connectivity index (χ1n) is 4.32. The molecule has 0 saturated heterocycles. The van der Waals surface area contributed by atoms with Gasteiger partial charge in [0.1, 0.15) is 11.3 Å². The van der Waals surface area contributed by atoms with Gasteiger partial charge in [-0.15, -0.1) is 0 Å². The molecule has 2 rings (SSSR count). The smallest absolute Gasteiger partial charge is 0.163 e. The van der Waals surface area contributed by atoms with Crippen molar-refractivity contribution in [3.05, 3.63) is 18.3 Å². The van der Waals surface area contributed by atoms with Crippen LogP contribution in [0.5, 0.6) is 0 Å². The number of aromatic nitrogens is 4. The molecule has 4 heteroatoms. The molecule has 0 aliphatic rings. The summed E-state index contributed by atoms with van der Waals surface area (Å²) in [5.74, 6) is 1.23. The van der Waals surface area contributed by atoms with Gasteiger partial charge in [0.05, 0.1) is 12.5 Å². The van der Waals surface area contributed by atoms with E-state index in [0.29, 0.717) is 5.92 Å². The minimum Gasteiger partial charge on any atom is -0.318 e. The number of fused-ring (bicyclic) bond motifs is 1. The molecule has 2 heterocycles. The van der Waals surface area contributed by atoms with E-state index in [1.807, 2.05) is 11.6 Å². The maximum absolute atomic E-state index is 4.42. The summed E-state index contributed by atoms with van der Waals surface area (Å²) in [5.41, 5.74) is 1.76. The van der Waals surface area contributed by atoms with Crippen LogP contribution < -0.4 is 0 Å². The molecule has 0 aliphatic heterocycles. The average molecular weight is 176 g/mol. The van der Waals surface area contributed by atoms with Crippen molar-refractivity contribution in [3.8, 4) is 0 Å². The van der Waals surface area contributed by atoms with Crippen LogP contribution in [-0.4, -0.2) is 19.5 Å². The van der Waals surface area contributed by atoms with Crippen molar-refractivity contribution in [3.63, 3.8) is 0 Å². The molecule has 0 atom stereocenters. The summed E-state index contributed by atoms with van der Waals surface area (Å²) in [5, 5.41) is 0. The molecule has 0 N–H and O–H groups in total. The van der Waals surface area contributed by atoms with Crippen molar-refractivity contribution in [2.75, 3.05) is 0 Å². The SMILES string of the molecule is CC(C)c1ncc2ncn(C)c2n1. The van der Waals surface area contributed by atoms with Gasteiger partial charge in [-0.3, -0.25) is 0 Å². The van der Waals surface area contributed by atoms with Crippen LogP contribution in [0.2, 0.25) is 0 Å². The molecule has 68 valence electrons. The molecule has 0 radical (unpaired) electrons. The van der Waals surface area contributed by atoms with Gasteiger partial charge in [0.15, 0.2) is 5.65 Å². The normalized spacial score (nSPS) is 11.4. The van der Waals surface area contributed by atoms with Crippen molar-refractivity contribution in [1.82, 2.24) is 19.5 Å². The monoisotopic (exact) mass is 176 g/mol. The van der Waals surface area contributed by atoms with Gasteiger partial charge in [-0.25, -0.2) is 15.0 Å². The fraction of sp³-hybridized carbons (Fsp3) is 0.444. The maximum Gasteiger partial charge on any atom is 0.163 e. The molecule has 13 heavy (non-hydrogen) atoms. The Balaban J connectivity index is 2.66. The second-order valence-corrected chi connectivity index (χ2v) is 3.45. The Kier molecular flexibility index (Phi) is 1.76. The van der Waals surface area contributed by atoms with Gasteiger partial charge in [-0.05, 0) is 0 Å². The van der Waals surface area contributed by atoms with E-state index < -0.39 is 0 Å². The Morgan fingerprint density at radius 3 is 2.77 bits per heavy atom. The molecular formula is C9H12N4. The Morgan fingerprint density at radius 2 is 2.08 bits per heavy atom. The van der Waals surface area contributed by atoms with Gasteiger partial charge in [0.25, 0.3) is 0 Å². The zero-order chi connectivity index (χ0) is 9.42. The van der Waals surface area contributed by atoms with Crippen LogP contribution in [0.15, 0.2) is 12.5 Å². The number of rotatable bonds is 1. The number of aryl methyl sites for hydroxylation is 1. The van der Waals surface area contributed by atoms with E-state index in [4.69, 9.17) is 0 Å². The maximum atomic E-state index is 4.42. The van der Waals surface area contributed by atoms with Crippen LogP contribution in [0.3, 0.4) is 0 Å². The zero-order valence-corrected chi connectivity index (χ0v) is 8.02. The first-order valence-corrected chi connectivity index (χ1v) is 4.32. The third kappa shape index (κ3) is 1.28. The van der Waals surface area contributed by atoms with E-state index >= 15 is 0 Å². The first-order chi connectivity index (χ1) is 6.18. The Labute approximate surface area is 76.7 Å². The fourth-order valence-corrected chi connectivity index (χ4v) is 1.21. The number of imidazole rings is 1. The van der Waals surface area contributed by atoms with Crippen molar-refractivity contribution in [1.29, 1.82) is 0 Å². The Hall–Kier alpha value is -1.45. The molecule has 0 fully saturated rings. The van der Waals surface area contributed by atoms with Crippen LogP contribution in [0.1, 0.15) is 25.6 Å². The minimum atomic E-state index is 0.360. The predicted octanol–water partition coefficient (Wildman–Crippen LogP) is 1.49. The highest BCUT2D eigenvalue weighted by Gasteiger charge is 2.06. The standard InChI is InChI=1S/C9H12N4/c1-6(2)8-10-4-7-9(12-8)13(3)5-11-7/h4-6H,1-3H3. The number of hydrogen-bond acceptors (Lipinski definition) is 3. The molecule has 2 aromatic heterocycles. The first kappa shape index (κ1) is 8.16. The van der Waals surface area contributed by atoms with Gasteiger partial charge in [0, 0.05) is 13.0 Å². The summed E-state index contributed by atoms with van der Waals surface area (Å²) in [7, 11) is 1.94. The lowest BCUT2D eigenvalue weighted by Gasteiger charge is -2.02. The van der Waals surface area contributed by atoms with Crippen molar-refractivity contribution in [2.45, 2.75) is 19.8 Å². The fourth-order valence-electron chi connectivity index (χ4n) is 1.21. The van der Waals surface area contributed by atoms with Crippen molar-refractivity contribution >= 4 is 11.2 Å². The molecule has 0 spiro atoms. The van der Waals surface area contributed by atoms with Crippen molar-refractivity contribution < 1.29 is 0 Å². The van der Waals surface area contributed by atoms with Gasteiger partial charge >= 0.3 is 0 Å². The van der Waals surface area contributed by atoms with Gasteiger partial charge < -0.3 is 4.57 Å². The lowest BCUT2D eigenvalue weighted by molar-refractivity contribution is 0.775. The Bertz CT molecular complexity index is 430. The molecular weight excluding hydrogens is 164 g/mol. The summed E-state index contributed by atoms with van der Waals surface area (Å²) >= 11 is 0.